The van der Waals surface area contributed by atoms with Crippen LogP contribution in [0.1, 0.15) is 33.2 Å². The third kappa shape index (κ3) is 4.06. The van der Waals surface area contributed by atoms with E-state index in [1.807, 2.05) is 23.1 Å². The Balaban J connectivity index is 1.66. The number of nitrogens with two attached hydrogens (primary N) is 1. The maximum absolute atomic E-state index is 12.8. The van der Waals surface area contributed by atoms with E-state index in [1.54, 1.807) is 24.3 Å². The first-order valence-electron chi connectivity index (χ1n) is 8.51. The molecule has 2 N–H and O–H groups in total. The normalized spacial score (nSPS) is 18.1. The van der Waals surface area contributed by atoms with E-state index >= 15 is 0 Å². The number of amides is 2. The molecule has 130 valence electrons. The first-order chi connectivity index (χ1) is 12.0. The van der Waals surface area contributed by atoms with Gasteiger partial charge in [-0.25, -0.2) is 0 Å². The zero-order valence-electron chi connectivity index (χ0n) is 14.4. The van der Waals surface area contributed by atoms with Crippen LogP contribution in [0.15, 0.2) is 54.6 Å². The van der Waals surface area contributed by atoms with E-state index in [0.717, 1.165) is 19.6 Å². The van der Waals surface area contributed by atoms with Crippen molar-refractivity contribution in [1.82, 2.24) is 9.80 Å². The Morgan fingerprint density at radius 2 is 1.76 bits per heavy atom. The molecule has 2 aromatic carbocycles. The van der Waals surface area contributed by atoms with Crippen molar-refractivity contribution < 1.29 is 9.59 Å². The Morgan fingerprint density at radius 3 is 2.44 bits per heavy atom. The first kappa shape index (κ1) is 17.2. The summed E-state index contributed by atoms with van der Waals surface area (Å²) < 4.78 is 0. The number of carbonyl (C=O) groups is 2. The number of benzene rings is 2. The van der Waals surface area contributed by atoms with Crippen LogP contribution in [0.2, 0.25) is 0 Å². The molecule has 2 aromatic rings. The molecule has 0 spiro atoms. The quantitative estimate of drug-likeness (QED) is 0.929. The summed E-state index contributed by atoms with van der Waals surface area (Å²) in [6.45, 7) is 5.29. The highest BCUT2D eigenvalue weighted by Crippen LogP contribution is 2.17. The summed E-state index contributed by atoms with van der Waals surface area (Å²) in [6.07, 6.45) is 0. The molecular formula is C20H23N3O2. The lowest BCUT2D eigenvalue weighted by atomic mass is 10.1. The Kier molecular flexibility index (Phi) is 5.14. The minimum atomic E-state index is -0.518. The molecule has 25 heavy (non-hydrogen) atoms. The van der Waals surface area contributed by atoms with Crippen molar-refractivity contribution in [2.24, 2.45) is 5.73 Å². The van der Waals surface area contributed by atoms with Crippen LogP contribution in [-0.4, -0.2) is 47.3 Å². The van der Waals surface area contributed by atoms with E-state index in [-0.39, 0.29) is 11.9 Å². The lowest BCUT2D eigenvalue weighted by Gasteiger charge is -2.40. The van der Waals surface area contributed by atoms with Gasteiger partial charge >= 0.3 is 0 Å². The van der Waals surface area contributed by atoms with Crippen LogP contribution >= 0.6 is 0 Å². The first-order valence-corrected chi connectivity index (χ1v) is 8.51. The van der Waals surface area contributed by atoms with Crippen LogP contribution in [0.3, 0.4) is 0 Å². The predicted molar refractivity (Wildman–Crippen MR) is 97.2 cm³/mol. The van der Waals surface area contributed by atoms with Gasteiger partial charge in [-0.15, -0.1) is 0 Å². The molecule has 1 fully saturated rings. The fourth-order valence-corrected chi connectivity index (χ4v) is 3.29. The van der Waals surface area contributed by atoms with E-state index in [4.69, 9.17) is 5.73 Å². The van der Waals surface area contributed by atoms with Crippen LogP contribution < -0.4 is 5.73 Å². The van der Waals surface area contributed by atoms with E-state index in [0.29, 0.717) is 17.7 Å². The average molecular weight is 337 g/mol. The zero-order valence-corrected chi connectivity index (χ0v) is 14.4. The molecule has 5 heteroatoms. The number of piperazine rings is 1. The standard InChI is InChI=1S/C20H23N3O2/c1-15-13-22(14-16-6-3-2-4-7-16)10-11-23(15)20(25)18-9-5-8-17(12-18)19(21)24/h2-9,12,15H,10-11,13-14H2,1H3,(H2,21,24)/t15-/m0/s1. The molecule has 0 saturated carbocycles. The summed E-state index contributed by atoms with van der Waals surface area (Å²) in [5.41, 5.74) is 7.47. The third-order valence-electron chi connectivity index (χ3n) is 4.62. The summed E-state index contributed by atoms with van der Waals surface area (Å²) in [6, 6.07) is 17.1. The summed E-state index contributed by atoms with van der Waals surface area (Å²) in [7, 11) is 0. The number of nitrogens with zero attached hydrogens (tertiary/aromatic N) is 2. The minimum Gasteiger partial charge on any atom is -0.366 e. The number of hydrogen-bond donors (Lipinski definition) is 1. The summed E-state index contributed by atoms with van der Waals surface area (Å²) in [5, 5.41) is 0. The highest BCUT2D eigenvalue weighted by molar-refractivity contribution is 5.99. The molecule has 0 aromatic heterocycles. The van der Waals surface area contributed by atoms with E-state index in [9.17, 15) is 9.59 Å². The van der Waals surface area contributed by atoms with Crippen LogP contribution in [0.4, 0.5) is 0 Å². The lowest BCUT2D eigenvalue weighted by Crippen LogP contribution is -2.53. The Hall–Kier alpha value is -2.66. The number of carbonyl (C=O) groups excluding carboxylic acids is 2. The molecule has 1 saturated heterocycles. The number of hydrogen-bond acceptors (Lipinski definition) is 3. The van der Waals surface area contributed by atoms with Crippen LogP contribution in [0.25, 0.3) is 0 Å². The largest absolute Gasteiger partial charge is 0.366 e. The van der Waals surface area contributed by atoms with Crippen molar-refractivity contribution in [1.29, 1.82) is 0 Å². The third-order valence-corrected chi connectivity index (χ3v) is 4.62. The van der Waals surface area contributed by atoms with Gasteiger partial charge in [-0.1, -0.05) is 36.4 Å². The van der Waals surface area contributed by atoms with Crippen LogP contribution in [0.5, 0.6) is 0 Å². The van der Waals surface area contributed by atoms with Gasteiger partial charge in [0.05, 0.1) is 0 Å². The maximum atomic E-state index is 12.8. The van der Waals surface area contributed by atoms with Gasteiger partial charge in [0.1, 0.15) is 0 Å². The SMILES string of the molecule is C[C@H]1CN(Cc2ccccc2)CCN1C(=O)c1cccc(C(N)=O)c1. The summed E-state index contributed by atoms with van der Waals surface area (Å²) >= 11 is 0. The Bertz CT molecular complexity index is 761. The molecule has 1 aliphatic rings. The van der Waals surface area contributed by atoms with Gasteiger partial charge in [0.15, 0.2) is 0 Å². The Morgan fingerprint density at radius 1 is 1.04 bits per heavy atom. The molecule has 0 aliphatic carbocycles. The predicted octanol–water partition coefficient (Wildman–Crippen LogP) is 2.13. The molecule has 0 radical (unpaired) electrons. The maximum Gasteiger partial charge on any atom is 0.254 e. The Labute approximate surface area is 148 Å². The minimum absolute atomic E-state index is 0.0463. The lowest BCUT2D eigenvalue weighted by molar-refractivity contribution is 0.0475. The molecule has 2 amide bonds. The van der Waals surface area contributed by atoms with Gasteiger partial charge in [0.25, 0.3) is 5.91 Å². The van der Waals surface area contributed by atoms with Crippen LogP contribution in [0, 0.1) is 0 Å². The molecule has 0 unspecified atom stereocenters. The number of rotatable bonds is 4. The highest BCUT2D eigenvalue weighted by Gasteiger charge is 2.28. The van der Waals surface area contributed by atoms with E-state index in [1.165, 1.54) is 5.56 Å². The highest BCUT2D eigenvalue weighted by atomic mass is 16.2. The van der Waals surface area contributed by atoms with Gasteiger partial charge in [0.2, 0.25) is 5.91 Å². The van der Waals surface area contributed by atoms with Crippen molar-refractivity contribution in [3.05, 3.63) is 71.3 Å². The van der Waals surface area contributed by atoms with E-state index < -0.39 is 5.91 Å². The molecule has 1 aliphatic heterocycles. The van der Waals surface area contributed by atoms with Crippen molar-refractivity contribution in [3.8, 4) is 0 Å². The fourth-order valence-electron chi connectivity index (χ4n) is 3.29. The van der Waals surface area contributed by atoms with E-state index in [2.05, 4.69) is 24.0 Å². The molecule has 0 bridgehead atoms. The number of primary amides is 1. The zero-order chi connectivity index (χ0) is 17.8. The second kappa shape index (κ2) is 7.49. The molecule has 1 heterocycles. The van der Waals surface area contributed by atoms with Crippen LogP contribution in [-0.2, 0) is 6.54 Å². The molecule has 1 atom stereocenters. The topological polar surface area (TPSA) is 66.6 Å². The second-order valence-corrected chi connectivity index (χ2v) is 6.51. The van der Waals surface area contributed by atoms with Crippen molar-refractivity contribution in [2.75, 3.05) is 19.6 Å². The van der Waals surface area contributed by atoms with Gasteiger partial charge in [0, 0.05) is 43.3 Å². The average Bonchev–Trinajstić information content (AvgIpc) is 2.62. The van der Waals surface area contributed by atoms with Gasteiger partial charge in [-0.3, -0.25) is 14.5 Å². The smallest absolute Gasteiger partial charge is 0.254 e. The second-order valence-electron chi connectivity index (χ2n) is 6.51. The van der Waals surface area contributed by atoms with Crippen molar-refractivity contribution >= 4 is 11.8 Å². The summed E-state index contributed by atoms with van der Waals surface area (Å²) in [5.74, 6) is -0.565. The van der Waals surface area contributed by atoms with Gasteiger partial charge in [-0.05, 0) is 30.7 Å². The van der Waals surface area contributed by atoms with Gasteiger partial charge < -0.3 is 10.6 Å². The molecular weight excluding hydrogens is 314 g/mol. The van der Waals surface area contributed by atoms with Crippen molar-refractivity contribution in [3.63, 3.8) is 0 Å². The summed E-state index contributed by atoms with van der Waals surface area (Å²) in [4.78, 5) is 28.4. The monoisotopic (exact) mass is 337 g/mol. The molecule has 5 nitrogen and oxygen atoms in total. The molecule has 3 rings (SSSR count). The fraction of sp³-hybridized carbons (Fsp3) is 0.300. The van der Waals surface area contributed by atoms with Crippen molar-refractivity contribution in [2.45, 2.75) is 19.5 Å². The van der Waals surface area contributed by atoms with Gasteiger partial charge in [-0.2, -0.15) is 0 Å².